The zero-order chi connectivity index (χ0) is 20.1. The normalized spacial score (nSPS) is 22.2. The number of hydrogen-bond donors (Lipinski definition) is 0. The fraction of sp³-hybridized carbons (Fsp3) is 0.636. The van der Waals surface area contributed by atoms with Crippen LogP contribution in [0.2, 0.25) is 0 Å². The van der Waals surface area contributed by atoms with E-state index in [1.807, 2.05) is 24.1 Å². The summed E-state index contributed by atoms with van der Waals surface area (Å²) in [5, 5.41) is 4.01. The molecule has 0 aliphatic carbocycles. The van der Waals surface area contributed by atoms with Crippen LogP contribution in [0.4, 0.5) is 0 Å². The van der Waals surface area contributed by atoms with E-state index < -0.39 is 0 Å². The van der Waals surface area contributed by atoms with Gasteiger partial charge in [-0.05, 0) is 63.2 Å². The molecule has 4 heterocycles. The fourth-order valence-corrected chi connectivity index (χ4v) is 4.79. The Morgan fingerprint density at radius 2 is 2.17 bits per heavy atom. The molecule has 2 atom stereocenters. The highest BCUT2D eigenvalue weighted by atomic mass is 16.5. The number of aryl methyl sites for hydroxylation is 1. The zero-order valence-corrected chi connectivity index (χ0v) is 17.3. The van der Waals surface area contributed by atoms with Gasteiger partial charge in [0.05, 0.1) is 0 Å². The Kier molecular flexibility index (Phi) is 6.54. The smallest absolute Gasteiger partial charge is 0.226 e. The summed E-state index contributed by atoms with van der Waals surface area (Å²) in [6.07, 6.45) is 11.8. The Hall–Kier alpha value is -2.28. The second kappa shape index (κ2) is 9.48. The number of carbonyl (C=O) groups is 1. The van der Waals surface area contributed by atoms with Gasteiger partial charge in [0.2, 0.25) is 17.6 Å². The van der Waals surface area contributed by atoms with E-state index in [2.05, 4.69) is 20.0 Å². The average molecular weight is 398 g/mol. The van der Waals surface area contributed by atoms with Crippen LogP contribution in [0.1, 0.15) is 50.8 Å². The molecule has 2 aromatic rings. The largest absolute Gasteiger partial charge is 0.345 e. The van der Waals surface area contributed by atoms with Crippen LogP contribution in [-0.2, 0) is 11.2 Å². The molecule has 0 bridgehead atoms. The highest BCUT2D eigenvalue weighted by Gasteiger charge is 2.33. The zero-order valence-electron chi connectivity index (χ0n) is 17.3. The van der Waals surface area contributed by atoms with Crippen molar-refractivity contribution in [3.05, 3.63) is 30.4 Å². The molecular weight excluding hydrogens is 366 g/mol. The highest BCUT2D eigenvalue weighted by molar-refractivity contribution is 5.75. The number of amides is 1. The summed E-state index contributed by atoms with van der Waals surface area (Å²) in [7, 11) is 1.96. The molecule has 4 rings (SSSR count). The first-order chi connectivity index (χ1) is 14.2. The summed E-state index contributed by atoms with van der Waals surface area (Å²) in [6.45, 7) is 3.36. The van der Waals surface area contributed by atoms with E-state index in [1.54, 1.807) is 12.4 Å². The van der Waals surface area contributed by atoms with Crippen LogP contribution in [0.15, 0.2) is 29.0 Å². The Balaban J connectivity index is 1.23. The van der Waals surface area contributed by atoms with E-state index >= 15 is 0 Å². The minimum absolute atomic E-state index is 0.213. The first-order valence-electron chi connectivity index (χ1n) is 10.9. The lowest BCUT2D eigenvalue weighted by Crippen LogP contribution is -2.51. The van der Waals surface area contributed by atoms with Gasteiger partial charge in [-0.25, -0.2) is 0 Å². The third kappa shape index (κ3) is 5.01. The number of hydrogen-bond acceptors (Lipinski definition) is 6. The van der Waals surface area contributed by atoms with Crippen LogP contribution in [0, 0.1) is 5.92 Å². The van der Waals surface area contributed by atoms with Crippen molar-refractivity contribution in [2.45, 2.75) is 57.4 Å². The molecule has 0 radical (unpaired) electrons. The summed E-state index contributed by atoms with van der Waals surface area (Å²) in [4.78, 5) is 25.7. The van der Waals surface area contributed by atoms with Crippen LogP contribution in [0.5, 0.6) is 0 Å². The maximum absolute atomic E-state index is 12.6. The predicted octanol–water partition coefficient (Wildman–Crippen LogP) is 3.18. The van der Waals surface area contributed by atoms with Gasteiger partial charge in [-0.1, -0.05) is 11.6 Å². The third-order valence-electron chi connectivity index (χ3n) is 6.33. The van der Waals surface area contributed by atoms with Gasteiger partial charge < -0.3 is 14.3 Å². The minimum atomic E-state index is 0.213. The Bertz CT molecular complexity index is 792. The van der Waals surface area contributed by atoms with Gasteiger partial charge in [0, 0.05) is 50.4 Å². The molecule has 2 fully saturated rings. The molecule has 0 N–H and O–H groups in total. The average Bonchev–Trinajstić information content (AvgIpc) is 3.23. The van der Waals surface area contributed by atoms with Gasteiger partial charge in [0.25, 0.3) is 0 Å². The van der Waals surface area contributed by atoms with Crippen LogP contribution >= 0.6 is 0 Å². The van der Waals surface area contributed by atoms with Crippen molar-refractivity contribution in [1.82, 2.24) is 24.9 Å². The molecule has 2 unspecified atom stereocenters. The summed E-state index contributed by atoms with van der Waals surface area (Å²) in [6, 6.07) is 4.43. The molecule has 0 spiro atoms. The molecule has 156 valence electrons. The fourth-order valence-electron chi connectivity index (χ4n) is 4.79. The number of rotatable bonds is 7. The van der Waals surface area contributed by atoms with Crippen LogP contribution in [0.3, 0.4) is 0 Å². The third-order valence-corrected chi connectivity index (χ3v) is 6.33. The molecule has 0 aromatic carbocycles. The molecule has 1 amide bonds. The van der Waals surface area contributed by atoms with Gasteiger partial charge in [-0.2, -0.15) is 4.98 Å². The maximum atomic E-state index is 12.6. The van der Waals surface area contributed by atoms with Crippen molar-refractivity contribution >= 4 is 5.91 Å². The number of piperidine rings is 2. The van der Waals surface area contributed by atoms with Gasteiger partial charge in [0.15, 0.2) is 0 Å². The van der Waals surface area contributed by atoms with Crippen LogP contribution in [0.25, 0.3) is 11.4 Å². The van der Waals surface area contributed by atoms with E-state index in [9.17, 15) is 4.79 Å². The first kappa shape index (κ1) is 20.0. The lowest BCUT2D eigenvalue weighted by Gasteiger charge is -2.45. The van der Waals surface area contributed by atoms with E-state index in [0.717, 1.165) is 18.5 Å². The molecule has 7 heteroatoms. The summed E-state index contributed by atoms with van der Waals surface area (Å²) >= 11 is 0. The quantitative estimate of drug-likeness (QED) is 0.714. The standard InChI is InChI=1S/C22H31N5O2/c1-26(16-18-8-6-14-27-13-3-2-9-19(18)27)21(28)11-4-10-20-24-22(25-29-20)17-7-5-12-23-15-17/h5,7,12,15,18-19H,2-4,6,8-11,13-14,16H2,1H3. The van der Waals surface area contributed by atoms with Gasteiger partial charge in [-0.15, -0.1) is 0 Å². The number of nitrogens with zero attached hydrogens (tertiary/aromatic N) is 5. The molecule has 2 saturated heterocycles. The van der Waals surface area contributed by atoms with Crippen molar-refractivity contribution in [3.8, 4) is 11.4 Å². The summed E-state index contributed by atoms with van der Waals surface area (Å²) in [5.74, 6) is 1.95. The Morgan fingerprint density at radius 1 is 1.28 bits per heavy atom. The predicted molar refractivity (Wildman–Crippen MR) is 110 cm³/mol. The van der Waals surface area contributed by atoms with Crippen molar-refractivity contribution < 1.29 is 9.32 Å². The van der Waals surface area contributed by atoms with Gasteiger partial charge >= 0.3 is 0 Å². The van der Waals surface area contributed by atoms with E-state index in [1.165, 1.54) is 45.2 Å². The molecule has 0 saturated carbocycles. The molecule has 2 aromatic heterocycles. The topological polar surface area (TPSA) is 75.4 Å². The monoisotopic (exact) mass is 397 g/mol. The van der Waals surface area contributed by atoms with E-state index in [-0.39, 0.29) is 5.91 Å². The Labute approximate surface area is 172 Å². The molecular formula is C22H31N5O2. The van der Waals surface area contributed by atoms with Crippen LogP contribution in [-0.4, -0.2) is 63.6 Å². The minimum Gasteiger partial charge on any atom is -0.345 e. The van der Waals surface area contributed by atoms with E-state index in [0.29, 0.717) is 36.5 Å². The first-order valence-corrected chi connectivity index (χ1v) is 10.9. The van der Waals surface area contributed by atoms with Crippen molar-refractivity contribution in [1.29, 1.82) is 0 Å². The molecule has 7 nitrogen and oxygen atoms in total. The maximum Gasteiger partial charge on any atom is 0.226 e. The molecule has 2 aliphatic rings. The molecule has 2 aliphatic heterocycles. The number of pyridine rings is 1. The molecule has 29 heavy (non-hydrogen) atoms. The Morgan fingerprint density at radius 3 is 3.03 bits per heavy atom. The summed E-state index contributed by atoms with van der Waals surface area (Å²) < 4.78 is 5.32. The second-order valence-corrected chi connectivity index (χ2v) is 8.38. The lowest BCUT2D eigenvalue weighted by molar-refractivity contribution is -0.131. The SMILES string of the molecule is CN(CC1CCCN2CCCCC12)C(=O)CCCc1nc(-c2cccnc2)no1. The van der Waals surface area contributed by atoms with Crippen molar-refractivity contribution in [3.63, 3.8) is 0 Å². The van der Waals surface area contributed by atoms with Crippen LogP contribution < -0.4 is 0 Å². The van der Waals surface area contributed by atoms with Crippen molar-refractivity contribution in [2.75, 3.05) is 26.7 Å². The lowest BCUT2D eigenvalue weighted by atomic mass is 9.83. The summed E-state index contributed by atoms with van der Waals surface area (Å²) in [5.41, 5.74) is 0.836. The van der Waals surface area contributed by atoms with E-state index in [4.69, 9.17) is 4.52 Å². The number of carbonyl (C=O) groups excluding carboxylic acids is 1. The van der Waals surface area contributed by atoms with Crippen molar-refractivity contribution in [2.24, 2.45) is 5.92 Å². The van der Waals surface area contributed by atoms with Gasteiger partial charge in [-0.3, -0.25) is 9.78 Å². The second-order valence-electron chi connectivity index (χ2n) is 8.38. The number of fused-ring (bicyclic) bond motifs is 1. The highest BCUT2D eigenvalue weighted by Crippen LogP contribution is 2.31. The number of aromatic nitrogens is 3. The van der Waals surface area contributed by atoms with Gasteiger partial charge in [0.1, 0.15) is 0 Å².